The first-order chi connectivity index (χ1) is 13.7. The molecule has 0 radical (unpaired) electrons. The highest BCUT2D eigenvalue weighted by molar-refractivity contribution is 8.15. The summed E-state index contributed by atoms with van der Waals surface area (Å²) in [5, 5.41) is 7.56. The number of amides is 1. The minimum Gasteiger partial charge on any atom is -0.495 e. The predicted molar refractivity (Wildman–Crippen MR) is 116 cm³/mol. The van der Waals surface area contributed by atoms with Crippen LogP contribution < -0.4 is 15.4 Å². The summed E-state index contributed by atoms with van der Waals surface area (Å²) in [4.78, 5) is 17.6. The largest absolute Gasteiger partial charge is 0.495 e. The van der Waals surface area contributed by atoms with E-state index < -0.39 is 0 Å². The third-order valence-electron chi connectivity index (χ3n) is 5.24. The second-order valence-electron chi connectivity index (χ2n) is 7.22. The van der Waals surface area contributed by atoms with Crippen molar-refractivity contribution in [3.05, 3.63) is 54.1 Å². The number of benzene rings is 2. The third-order valence-corrected chi connectivity index (χ3v) is 6.23. The lowest BCUT2D eigenvalue weighted by Gasteiger charge is -2.39. The van der Waals surface area contributed by atoms with E-state index in [2.05, 4.69) is 22.8 Å². The summed E-state index contributed by atoms with van der Waals surface area (Å²) in [6, 6.07) is 15.7. The number of rotatable bonds is 4. The van der Waals surface area contributed by atoms with E-state index in [0.29, 0.717) is 17.2 Å². The highest BCUT2D eigenvalue weighted by Crippen LogP contribution is 2.39. The van der Waals surface area contributed by atoms with Crippen molar-refractivity contribution in [2.45, 2.75) is 37.8 Å². The normalized spacial score (nSPS) is 17.2. The van der Waals surface area contributed by atoms with Gasteiger partial charge in [-0.15, -0.1) is 0 Å². The number of hydrogen-bond acceptors (Lipinski definition) is 5. The maximum atomic E-state index is 12.5. The molecular formula is C22H25N3O2S. The van der Waals surface area contributed by atoms with Gasteiger partial charge < -0.3 is 15.4 Å². The quantitative estimate of drug-likeness (QED) is 0.773. The summed E-state index contributed by atoms with van der Waals surface area (Å²) in [6.45, 7) is 0. The van der Waals surface area contributed by atoms with E-state index in [1.807, 2.05) is 36.4 Å². The fourth-order valence-electron chi connectivity index (χ4n) is 3.86. The predicted octanol–water partition coefficient (Wildman–Crippen LogP) is 4.90. The highest BCUT2D eigenvalue weighted by atomic mass is 32.2. The van der Waals surface area contributed by atoms with Crippen molar-refractivity contribution in [2.75, 3.05) is 23.5 Å². The monoisotopic (exact) mass is 395 g/mol. The van der Waals surface area contributed by atoms with Gasteiger partial charge in [-0.1, -0.05) is 48.5 Å². The van der Waals surface area contributed by atoms with Gasteiger partial charge in [-0.05, 0) is 43.9 Å². The fraction of sp³-hybridized carbons (Fsp3) is 0.364. The Bertz CT molecular complexity index is 891. The minimum absolute atomic E-state index is 0.0640. The number of anilines is 2. The standard InChI is InChI=1S/C22H25N3O2S/c1-27-19-12-6-5-11-18(19)23-20(26)15-28-21-16-9-3-4-10-17(16)24-22(25-21)13-7-2-8-14-22/h3-6,9-12,24H,2,7-8,13-15H2,1H3,(H,23,26). The Balaban J connectivity index is 1.50. The number of carbonyl (C=O) groups is 1. The molecule has 1 amide bonds. The van der Waals surface area contributed by atoms with E-state index in [1.165, 1.54) is 31.0 Å². The average Bonchev–Trinajstić information content (AvgIpc) is 2.73. The van der Waals surface area contributed by atoms with Gasteiger partial charge in [0.2, 0.25) is 5.91 Å². The Morgan fingerprint density at radius 2 is 1.89 bits per heavy atom. The van der Waals surface area contributed by atoms with Gasteiger partial charge >= 0.3 is 0 Å². The van der Waals surface area contributed by atoms with Crippen LogP contribution in [0.4, 0.5) is 11.4 Å². The number of nitrogens with zero attached hydrogens (tertiary/aromatic N) is 1. The smallest absolute Gasteiger partial charge is 0.234 e. The Morgan fingerprint density at radius 3 is 2.71 bits per heavy atom. The molecule has 1 aliphatic carbocycles. The maximum absolute atomic E-state index is 12.5. The first-order valence-electron chi connectivity index (χ1n) is 9.72. The van der Waals surface area contributed by atoms with Crippen molar-refractivity contribution < 1.29 is 9.53 Å². The summed E-state index contributed by atoms with van der Waals surface area (Å²) in [5.74, 6) is 0.902. The number of aliphatic imine (C=N–C) groups is 1. The molecule has 4 rings (SSSR count). The van der Waals surface area contributed by atoms with Crippen molar-refractivity contribution >= 4 is 34.1 Å². The van der Waals surface area contributed by atoms with Crippen LogP contribution in [-0.2, 0) is 4.79 Å². The molecule has 1 fully saturated rings. The van der Waals surface area contributed by atoms with E-state index in [4.69, 9.17) is 9.73 Å². The van der Waals surface area contributed by atoms with Crippen LogP contribution in [0.5, 0.6) is 5.75 Å². The lowest BCUT2D eigenvalue weighted by Crippen LogP contribution is -2.42. The molecule has 2 aromatic carbocycles. The number of thioether (sulfide) groups is 1. The molecule has 2 N–H and O–H groups in total. The van der Waals surface area contributed by atoms with Crippen molar-refractivity contribution in [2.24, 2.45) is 4.99 Å². The molecular weight excluding hydrogens is 370 g/mol. The molecule has 5 nitrogen and oxygen atoms in total. The van der Waals surface area contributed by atoms with Crippen LogP contribution in [0.3, 0.4) is 0 Å². The number of methoxy groups -OCH3 is 1. The van der Waals surface area contributed by atoms with Gasteiger partial charge in [-0.3, -0.25) is 4.79 Å². The second-order valence-corrected chi connectivity index (χ2v) is 8.18. The molecule has 28 heavy (non-hydrogen) atoms. The maximum Gasteiger partial charge on any atom is 0.234 e. The zero-order valence-electron chi connectivity index (χ0n) is 16.0. The molecule has 0 saturated heterocycles. The van der Waals surface area contributed by atoms with Crippen LogP contribution in [0, 0.1) is 0 Å². The van der Waals surface area contributed by atoms with Crippen LogP contribution in [-0.4, -0.2) is 29.5 Å². The van der Waals surface area contributed by atoms with Gasteiger partial charge in [-0.25, -0.2) is 4.99 Å². The van der Waals surface area contributed by atoms with Crippen molar-refractivity contribution in [3.8, 4) is 5.75 Å². The molecule has 0 unspecified atom stereocenters. The first kappa shape index (κ1) is 18.9. The number of nitrogens with one attached hydrogen (secondary N) is 2. The van der Waals surface area contributed by atoms with Crippen molar-refractivity contribution in [1.29, 1.82) is 0 Å². The summed E-state index contributed by atoms with van der Waals surface area (Å²) < 4.78 is 5.31. The molecule has 0 aromatic heterocycles. The Kier molecular flexibility index (Phi) is 5.57. The van der Waals surface area contributed by atoms with Crippen LogP contribution in [0.25, 0.3) is 0 Å². The Morgan fingerprint density at radius 1 is 1.14 bits per heavy atom. The van der Waals surface area contributed by atoms with Crippen molar-refractivity contribution in [3.63, 3.8) is 0 Å². The van der Waals surface area contributed by atoms with Gasteiger partial charge in [0.25, 0.3) is 0 Å². The van der Waals surface area contributed by atoms with E-state index in [1.54, 1.807) is 7.11 Å². The number of para-hydroxylation sites is 3. The van der Waals surface area contributed by atoms with Gasteiger partial charge in [0.15, 0.2) is 0 Å². The van der Waals surface area contributed by atoms with Gasteiger partial charge in [-0.2, -0.15) is 0 Å². The van der Waals surface area contributed by atoms with Crippen LogP contribution in [0.2, 0.25) is 0 Å². The van der Waals surface area contributed by atoms with Crippen molar-refractivity contribution in [1.82, 2.24) is 0 Å². The molecule has 2 aromatic rings. The molecule has 1 heterocycles. The summed E-state index contributed by atoms with van der Waals surface area (Å²) in [6.07, 6.45) is 5.72. The molecule has 1 spiro atoms. The zero-order chi connectivity index (χ0) is 19.4. The average molecular weight is 396 g/mol. The summed E-state index contributed by atoms with van der Waals surface area (Å²) in [7, 11) is 1.60. The first-order valence-corrected chi connectivity index (χ1v) is 10.7. The summed E-state index contributed by atoms with van der Waals surface area (Å²) >= 11 is 1.51. The fourth-order valence-corrected chi connectivity index (χ4v) is 4.78. The third kappa shape index (κ3) is 4.02. The highest BCUT2D eigenvalue weighted by Gasteiger charge is 2.36. The molecule has 0 bridgehead atoms. The van der Waals surface area contributed by atoms with E-state index in [-0.39, 0.29) is 11.6 Å². The van der Waals surface area contributed by atoms with Crippen LogP contribution in [0.1, 0.15) is 37.7 Å². The lowest BCUT2D eigenvalue weighted by atomic mass is 9.88. The number of ether oxygens (including phenoxy) is 1. The summed E-state index contributed by atoms with van der Waals surface area (Å²) in [5.41, 5.74) is 2.67. The number of fused-ring (bicyclic) bond motifs is 1. The zero-order valence-corrected chi connectivity index (χ0v) is 16.8. The SMILES string of the molecule is COc1ccccc1NC(=O)CSC1=NC2(CCCCC2)Nc2ccccc21. The van der Waals surface area contributed by atoms with E-state index in [0.717, 1.165) is 29.1 Å². The second kappa shape index (κ2) is 8.27. The molecule has 1 aliphatic heterocycles. The number of carbonyl (C=O) groups excluding carboxylic acids is 1. The van der Waals surface area contributed by atoms with Gasteiger partial charge in [0, 0.05) is 11.3 Å². The van der Waals surface area contributed by atoms with Gasteiger partial charge in [0.1, 0.15) is 16.5 Å². The number of hydrogen-bond donors (Lipinski definition) is 2. The molecule has 1 saturated carbocycles. The molecule has 6 heteroatoms. The lowest BCUT2D eigenvalue weighted by molar-refractivity contribution is -0.113. The molecule has 146 valence electrons. The van der Waals surface area contributed by atoms with E-state index in [9.17, 15) is 4.79 Å². The molecule has 2 aliphatic rings. The van der Waals surface area contributed by atoms with Crippen LogP contribution in [0.15, 0.2) is 53.5 Å². The van der Waals surface area contributed by atoms with Crippen LogP contribution >= 0.6 is 11.8 Å². The minimum atomic E-state index is -0.214. The Hall–Kier alpha value is -2.47. The topological polar surface area (TPSA) is 62.7 Å². The Labute approximate surface area is 170 Å². The van der Waals surface area contributed by atoms with Gasteiger partial charge in [0.05, 0.1) is 18.6 Å². The van der Waals surface area contributed by atoms with E-state index >= 15 is 0 Å². The molecule has 0 atom stereocenters.